The summed E-state index contributed by atoms with van der Waals surface area (Å²) in [7, 11) is 0. The first-order valence-corrected chi connectivity index (χ1v) is 5.40. The van der Waals surface area contributed by atoms with E-state index in [4.69, 9.17) is 0 Å². The summed E-state index contributed by atoms with van der Waals surface area (Å²) >= 11 is -1.71. The molecule has 0 bridgehead atoms. The minimum absolute atomic E-state index is 0.186. The lowest BCUT2D eigenvalue weighted by Crippen LogP contribution is -1.95. The number of hydrogen-bond acceptors (Lipinski definition) is 3. The molecule has 4 heteroatoms. The molecule has 0 N–H and O–H groups in total. The van der Waals surface area contributed by atoms with E-state index in [2.05, 4.69) is 4.18 Å². The zero-order chi connectivity index (χ0) is 10.7. The average Bonchev–Trinajstić information content (AvgIpc) is 2.29. The molecule has 3 nitrogen and oxygen atoms in total. The van der Waals surface area contributed by atoms with Gasteiger partial charge in [0.15, 0.2) is 0 Å². The van der Waals surface area contributed by atoms with Gasteiger partial charge in [-0.2, -0.15) is 0 Å². The minimum Gasteiger partial charge on any atom is -0.363 e. The first-order valence-electron chi connectivity index (χ1n) is 4.32. The van der Waals surface area contributed by atoms with E-state index in [1.807, 2.05) is 30.3 Å². The van der Waals surface area contributed by atoms with Crippen molar-refractivity contribution in [3.63, 3.8) is 0 Å². The summed E-state index contributed by atoms with van der Waals surface area (Å²) in [4.78, 5) is 10.5. The zero-order valence-electron chi connectivity index (χ0n) is 7.75. The molecule has 0 amide bonds. The fraction of sp³-hybridized carbons (Fsp3) is 0. The lowest BCUT2D eigenvalue weighted by molar-refractivity contribution is -0.119. The van der Waals surface area contributed by atoms with Gasteiger partial charge >= 0.3 is 6.47 Å². The van der Waals surface area contributed by atoms with Crippen molar-refractivity contribution in [3.05, 3.63) is 42.5 Å². The summed E-state index contributed by atoms with van der Waals surface area (Å²) < 4.78 is 15.7. The second-order valence-electron chi connectivity index (χ2n) is 2.94. The van der Waals surface area contributed by atoms with Crippen LogP contribution in [0.2, 0.25) is 0 Å². The van der Waals surface area contributed by atoms with Gasteiger partial charge in [-0.1, -0.05) is 30.3 Å². The van der Waals surface area contributed by atoms with E-state index < -0.39 is 11.1 Å². The lowest BCUT2D eigenvalue weighted by Gasteiger charge is -2.00. The summed E-state index contributed by atoms with van der Waals surface area (Å²) in [5.74, 6) is 0. The van der Waals surface area contributed by atoms with Gasteiger partial charge in [0.25, 0.3) is 0 Å². The van der Waals surface area contributed by atoms with Crippen LogP contribution >= 0.6 is 0 Å². The Morgan fingerprint density at radius 3 is 2.53 bits per heavy atom. The number of carbonyl (C=O) groups is 1. The lowest BCUT2D eigenvalue weighted by atomic mass is 10.1. The SMILES string of the molecule is O=COS(=O)c1ccc2ccccc2c1. The molecule has 0 radical (unpaired) electrons. The molecule has 0 spiro atoms. The Labute approximate surface area is 89.3 Å². The van der Waals surface area contributed by atoms with E-state index in [9.17, 15) is 9.00 Å². The van der Waals surface area contributed by atoms with Gasteiger partial charge in [0, 0.05) is 0 Å². The van der Waals surface area contributed by atoms with Crippen LogP contribution in [0.5, 0.6) is 0 Å². The molecule has 0 aromatic heterocycles. The smallest absolute Gasteiger partial charge is 0.307 e. The van der Waals surface area contributed by atoms with Gasteiger partial charge in [0.05, 0.1) is 4.90 Å². The number of carbonyl (C=O) groups excluding carboxylic acids is 1. The van der Waals surface area contributed by atoms with Crippen LogP contribution in [0, 0.1) is 0 Å². The highest BCUT2D eigenvalue weighted by Gasteiger charge is 2.04. The van der Waals surface area contributed by atoms with E-state index in [0.717, 1.165) is 10.8 Å². The van der Waals surface area contributed by atoms with E-state index >= 15 is 0 Å². The molecule has 15 heavy (non-hydrogen) atoms. The molecule has 0 aliphatic rings. The molecule has 2 rings (SSSR count). The molecule has 0 aliphatic heterocycles. The van der Waals surface area contributed by atoms with Gasteiger partial charge in [-0.25, -0.2) is 4.21 Å². The molecule has 2 aromatic rings. The van der Waals surface area contributed by atoms with Crippen molar-refractivity contribution in [2.24, 2.45) is 0 Å². The van der Waals surface area contributed by atoms with Gasteiger partial charge in [-0.3, -0.25) is 4.79 Å². The van der Waals surface area contributed by atoms with E-state index in [1.165, 1.54) is 0 Å². The van der Waals surface area contributed by atoms with Crippen LogP contribution in [0.3, 0.4) is 0 Å². The van der Waals surface area contributed by atoms with Crippen molar-refractivity contribution in [1.29, 1.82) is 0 Å². The van der Waals surface area contributed by atoms with Crippen LogP contribution in [0.25, 0.3) is 10.8 Å². The fourth-order valence-corrected chi connectivity index (χ4v) is 1.95. The highest BCUT2D eigenvalue weighted by molar-refractivity contribution is 7.80. The Kier molecular flexibility index (Phi) is 2.78. The van der Waals surface area contributed by atoms with Gasteiger partial charge in [-0.15, -0.1) is 0 Å². The van der Waals surface area contributed by atoms with Crippen LogP contribution in [-0.2, 0) is 20.1 Å². The average molecular weight is 220 g/mol. The van der Waals surface area contributed by atoms with Gasteiger partial charge in [0.1, 0.15) is 0 Å². The largest absolute Gasteiger partial charge is 0.363 e. The standard InChI is InChI=1S/C11H8O3S/c12-8-14-15(13)11-6-5-9-3-1-2-4-10(9)7-11/h1-8H. The Bertz CT molecular complexity index is 522. The fourth-order valence-electron chi connectivity index (χ4n) is 1.36. The Balaban J connectivity index is 2.46. The first kappa shape index (κ1) is 9.86. The van der Waals surface area contributed by atoms with Crippen molar-refractivity contribution >= 4 is 28.3 Å². The summed E-state index contributed by atoms with van der Waals surface area (Å²) in [5.41, 5.74) is 0. The summed E-state index contributed by atoms with van der Waals surface area (Å²) in [5, 5.41) is 2.03. The maximum absolute atomic E-state index is 11.3. The topological polar surface area (TPSA) is 43.4 Å². The molecular weight excluding hydrogens is 212 g/mol. The predicted molar refractivity (Wildman–Crippen MR) is 57.5 cm³/mol. The highest BCUT2D eigenvalue weighted by atomic mass is 32.2. The molecule has 0 fully saturated rings. The Hall–Kier alpha value is -1.68. The van der Waals surface area contributed by atoms with E-state index in [0.29, 0.717) is 4.90 Å². The van der Waals surface area contributed by atoms with E-state index in [1.54, 1.807) is 12.1 Å². The number of hydrogen-bond donors (Lipinski definition) is 0. The summed E-state index contributed by atoms with van der Waals surface area (Å²) in [6, 6.07) is 13.0. The Morgan fingerprint density at radius 1 is 1.07 bits per heavy atom. The predicted octanol–water partition coefficient (Wildman–Crippen LogP) is 2.04. The van der Waals surface area contributed by atoms with Gasteiger partial charge in [-0.05, 0) is 22.9 Å². The zero-order valence-corrected chi connectivity index (χ0v) is 8.57. The summed E-state index contributed by atoms with van der Waals surface area (Å²) in [6.07, 6.45) is 0. The molecule has 76 valence electrons. The van der Waals surface area contributed by atoms with Gasteiger partial charge < -0.3 is 4.18 Å². The maximum atomic E-state index is 11.3. The van der Waals surface area contributed by atoms with Crippen LogP contribution in [0.15, 0.2) is 47.4 Å². The highest BCUT2D eigenvalue weighted by Crippen LogP contribution is 2.17. The van der Waals surface area contributed by atoms with Crippen molar-refractivity contribution in [2.75, 3.05) is 0 Å². The molecule has 0 aliphatic carbocycles. The van der Waals surface area contributed by atoms with Crippen molar-refractivity contribution in [1.82, 2.24) is 0 Å². The molecular formula is C11H8O3S. The van der Waals surface area contributed by atoms with Crippen LogP contribution in [0.4, 0.5) is 0 Å². The monoisotopic (exact) mass is 220 g/mol. The van der Waals surface area contributed by atoms with Crippen molar-refractivity contribution < 1.29 is 13.2 Å². The third-order valence-electron chi connectivity index (χ3n) is 2.04. The molecule has 0 saturated carbocycles. The molecule has 0 saturated heterocycles. The molecule has 1 atom stereocenters. The van der Waals surface area contributed by atoms with Gasteiger partial charge in [0.2, 0.25) is 11.1 Å². The van der Waals surface area contributed by atoms with Crippen LogP contribution in [0.1, 0.15) is 0 Å². The molecule has 1 unspecified atom stereocenters. The number of rotatable bonds is 3. The third kappa shape index (κ3) is 2.05. The normalized spacial score (nSPS) is 12.3. The maximum Gasteiger partial charge on any atom is 0.307 e. The number of fused-ring (bicyclic) bond motifs is 1. The quantitative estimate of drug-likeness (QED) is 0.743. The number of benzene rings is 2. The second-order valence-corrected chi connectivity index (χ2v) is 4.07. The van der Waals surface area contributed by atoms with Crippen LogP contribution in [-0.4, -0.2) is 10.7 Å². The van der Waals surface area contributed by atoms with E-state index in [-0.39, 0.29) is 6.47 Å². The first-order chi connectivity index (χ1) is 7.31. The minimum atomic E-state index is -1.71. The van der Waals surface area contributed by atoms with Crippen molar-refractivity contribution in [2.45, 2.75) is 4.90 Å². The van der Waals surface area contributed by atoms with Crippen molar-refractivity contribution in [3.8, 4) is 0 Å². The third-order valence-corrected chi connectivity index (χ3v) is 2.93. The second kappa shape index (κ2) is 4.23. The molecule has 0 heterocycles. The summed E-state index contributed by atoms with van der Waals surface area (Å²) in [6.45, 7) is 0.186. The molecule has 2 aromatic carbocycles. The van der Waals surface area contributed by atoms with Crippen LogP contribution < -0.4 is 0 Å². The Morgan fingerprint density at radius 2 is 1.80 bits per heavy atom.